The van der Waals surface area contributed by atoms with Crippen molar-refractivity contribution in [3.63, 3.8) is 0 Å². The number of carbonyl (C=O) groups is 2. The molecule has 0 bridgehead atoms. The van der Waals surface area contributed by atoms with Crippen LogP contribution in [0, 0.1) is 0 Å². The molecule has 1 rings (SSSR count). The minimum Gasteiger partial charge on any atom is -0.462 e. The van der Waals surface area contributed by atoms with Crippen molar-refractivity contribution in [1.82, 2.24) is 0 Å². The van der Waals surface area contributed by atoms with E-state index in [2.05, 4.69) is 21.2 Å². The standard InChI is InChI=1S/C13H16BrNO3/c1-4-18-11(16)9-7-5-6-8-10(9)15-12(17)13(2,3)14/h5-8H,4H2,1-3H3,(H,15,17). The van der Waals surface area contributed by atoms with Crippen LogP contribution in [0.5, 0.6) is 0 Å². The average Bonchev–Trinajstić information content (AvgIpc) is 2.28. The van der Waals surface area contributed by atoms with E-state index in [4.69, 9.17) is 4.74 Å². The zero-order valence-electron chi connectivity index (χ0n) is 10.6. The second-order valence-electron chi connectivity index (χ2n) is 4.19. The van der Waals surface area contributed by atoms with Crippen molar-refractivity contribution in [2.75, 3.05) is 11.9 Å². The molecule has 0 radical (unpaired) electrons. The number of anilines is 1. The fourth-order valence-corrected chi connectivity index (χ4v) is 1.35. The summed E-state index contributed by atoms with van der Waals surface area (Å²) in [5, 5.41) is 2.70. The normalized spacial score (nSPS) is 10.9. The van der Waals surface area contributed by atoms with Gasteiger partial charge in [-0.05, 0) is 32.9 Å². The van der Waals surface area contributed by atoms with E-state index >= 15 is 0 Å². The first-order valence-corrected chi connectivity index (χ1v) is 6.42. The Bertz CT molecular complexity index is 452. The lowest BCUT2D eigenvalue weighted by molar-refractivity contribution is -0.117. The van der Waals surface area contributed by atoms with Gasteiger partial charge in [-0.15, -0.1) is 0 Å². The quantitative estimate of drug-likeness (QED) is 0.686. The van der Waals surface area contributed by atoms with Crippen LogP contribution in [-0.4, -0.2) is 22.8 Å². The Hall–Kier alpha value is -1.36. The molecule has 0 atom stereocenters. The van der Waals surface area contributed by atoms with Crippen molar-refractivity contribution in [2.24, 2.45) is 0 Å². The molecule has 0 aliphatic rings. The number of alkyl halides is 1. The molecule has 0 aromatic heterocycles. The van der Waals surface area contributed by atoms with Gasteiger partial charge in [-0.25, -0.2) is 4.79 Å². The van der Waals surface area contributed by atoms with Gasteiger partial charge in [-0.3, -0.25) is 4.79 Å². The maximum atomic E-state index is 11.9. The van der Waals surface area contributed by atoms with E-state index in [0.717, 1.165) is 0 Å². The summed E-state index contributed by atoms with van der Waals surface area (Å²) >= 11 is 3.27. The SMILES string of the molecule is CCOC(=O)c1ccccc1NC(=O)C(C)(C)Br. The molecular weight excluding hydrogens is 298 g/mol. The highest BCUT2D eigenvalue weighted by Gasteiger charge is 2.25. The fraction of sp³-hybridized carbons (Fsp3) is 0.385. The van der Waals surface area contributed by atoms with Crippen LogP contribution in [0.4, 0.5) is 5.69 Å². The van der Waals surface area contributed by atoms with Gasteiger partial charge in [0.25, 0.3) is 0 Å². The molecule has 4 nitrogen and oxygen atoms in total. The van der Waals surface area contributed by atoms with Crippen molar-refractivity contribution in [1.29, 1.82) is 0 Å². The molecule has 1 amide bonds. The van der Waals surface area contributed by atoms with Crippen molar-refractivity contribution >= 4 is 33.5 Å². The number of benzene rings is 1. The lowest BCUT2D eigenvalue weighted by Crippen LogP contribution is -2.31. The first kappa shape index (κ1) is 14.7. The summed E-state index contributed by atoms with van der Waals surface area (Å²) < 4.78 is 4.23. The number of para-hydroxylation sites is 1. The van der Waals surface area contributed by atoms with Gasteiger partial charge < -0.3 is 10.1 Å². The zero-order valence-corrected chi connectivity index (χ0v) is 12.2. The highest BCUT2D eigenvalue weighted by molar-refractivity contribution is 9.10. The topological polar surface area (TPSA) is 55.4 Å². The summed E-state index contributed by atoms with van der Waals surface area (Å²) in [5.74, 6) is -0.667. The van der Waals surface area contributed by atoms with Gasteiger partial charge in [-0.2, -0.15) is 0 Å². The number of nitrogens with one attached hydrogen (secondary N) is 1. The molecule has 0 aliphatic heterocycles. The molecule has 18 heavy (non-hydrogen) atoms. The summed E-state index contributed by atoms with van der Waals surface area (Å²) in [6, 6.07) is 6.76. The van der Waals surface area contributed by atoms with Crippen LogP contribution in [0.3, 0.4) is 0 Å². The van der Waals surface area contributed by atoms with Gasteiger partial charge in [0.15, 0.2) is 0 Å². The Morgan fingerprint density at radius 3 is 2.50 bits per heavy atom. The van der Waals surface area contributed by atoms with Gasteiger partial charge in [0.2, 0.25) is 5.91 Å². The number of hydrogen-bond donors (Lipinski definition) is 1. The second kappa shape index (κ2) is 6.00. The summed E-state index contributed by atoms with van der Waals surface area (Å²) in [4.78, 5) is 23.6. The fourth-order valence-electron chi connectivity index (χ4n) is 1.25. The van der Waals surface area contributed by atoms with E-state index in [9.17, 15) is 9.59 Å². The van der Waals surface area contributed by atoms with Crippen LogP contribution in [0.1, 0.15) is 31.1 Å². The Kier molecular flexibility index (Phi) is 4.90. The summed E-state index contributed by atoms with van der Waals surface area (Å²) in [7, 11) is 0. The third-order valence-electron chi connectivity index (χ3n) is 2.21. The highest BCUT2D eigenvalue weighted by atomic mass is 79.9. The first-order valence-electron chi connectivity index (χ1n) is 5.62. The third-order valence-corrected chi connectivity index (χ3v) is 2.57. The molecule has 0 spiro atoms. The number of esters is 1. The third kappa shape index (κ3) is 3.84. The van der Waals surface area contributed by atoms with E-state index in [1.54, 1.807) is 45.0 Å². The smallest absolute Gasteiger partial charge is 0.340 e. The number of halogens is 1. The van der Waals surface area contributed by atoms with E-state index in [1.165, 1.54) is 0 Å². The Labute approximate surface area is 115 Å². The van der Waals surface area contributed by atoms with E-state index in [-0.39, 0.29) is 5.91 Å². The first-order chi connectivity index (χ1) is 8.36. The van der Waals surface area contributed by atoms with Gasteiger partial charge in [-0.1, -0.05) is 28.1 Å². The number of ether oxygens (including phenoxy) is 1. The molecule has 98 valence electrons. The van der Waals surface area contributed by atoms with Crippen LogP contribution >= 0.6 is 15.9 Å². The molecule has 0 saturated heterocycles. The average molecular weight is 314 g/mol. The van der Waals surface area contributed by atoms with Crippen LogP contribution in [0.2, 0.25) is 0 Å². The molecule has 0 unspecified atom stereocenters. The molecule has 0 heterocycles. The van der Waals surface area contributed by atoms with Gasteiger partial charge in [0.05, 0.1) is 22.2 Å². The van der Waals surface area contributed by atoms with Crippen molar-refractivity contribution in [3.05, 3.63) is 29.8 Å². The van der Waals surface area contributed by atoms with Gasteiger partial charge in [0.1, 0.15) is 0 Å². The largest absolute Gasteiger partial charge is 0.462 e. The molecule has 1 aromatic carbocycles. The molecular formula is C13H16BrNO3. The van der Waals surface area contributed by atoms with Crippen molar-refractivity contribution in [2.45, 2.75) is 25.1 Å². The van der Waals surface area contributed by atoms with Crippen LogP contribution in [-0.2, 0) is 9.53 Å². The zero-order chi connectivity index (χ0) is 13.8. The highest BCUT2D eigenvalue weighted by Crippen LogP contribution is 2.21. The van der Waals surface area contributed by atoms with E-state index < -0.39 is 10.3 Å². The lowest BCUT2D eigenvalue weighted by Gasteiger charge is -2.17. The maximum absolute atomic E-state index is 11.9. The Balaban J connectivity index is 2.96. The Morgan fingerprint density at radius 2 is 1.94 bits per heavy atom. The molecule has 5 heteroatoms. The molecule has 0 saturated carbocycles. The van der Waals surface area contributed by atoms with Crippen LogP contribution in [0.15, 0.2) is 24.3 Å². The Morgan fingerprint density at radius 1 is 1.33 bits per heavy atom. The molecule has 1 N–H and O–H groups in total. The second-order valence-corrected chi connectivity index (χ2v) is 6.18. The minimum atomic E-state index is -0.700. The molecule has 0 aliphatic carbocycles. The van der Waals surface area contributed by atoms with Crippen LogP contribution < -0.4 is 5.32 Å². The summed E-state index contributed by atoms with van der Waals surface area (Å²) in [6.45, 7) is 5.50. The number of amides is 1. The lowest BCUT2D eigenvalue weighted by atomic mass is 10.1. The van der Waals surface area contributed by atoms with Gasteiger partial charge >= 0.3 is 5.97 Å². The van der Waals surface area contributed by atoms with E-state index in [0.29, 0.717) is 17.9 Å². The monoisotopic (exact) mass is 313 g/mol. The predicted octanol–water partition coefficient (Wildman–Crippen LogP) is 2.98. The van der Waals surface area contributed by atoms with Crippen LogP contribution in [0.25, 0.3) is 0 Å². The number of hydrogen-bond acceptors (Lipinski definition) is 3. The number of carbonyl (C=O) groups excluding carboxylic acids is 2. The van der Waals surface area contributed by atoms with E-state index in [1.807, 2.05) is 0 Å². The summed E-state index contributed by atoms with van der Waals surface area (Å²) in [5.41, 5.74) is 0.804. The molecule has 1 aromatic rings. The maximum Gasteiger partial charge on any atom is 0.340 e. The van der Waals surface area contributed by atoms with Gasteiger partial charge in [0, 0.05) is 0 Å². The molecule has 0 fully saturated rings. The number of rotatable bonds is 4. The minimum absolute atomic E-state index is 0.223. The predicted molar refractivity (Wildman–Crippen MR) is 74.0 cm³/mol. The van der Waals surface area contributed by atoms with Crippen molar-refractivity contribution in [3.8, 4) is 0 Å². The summed E-state index contributed by atoms with van der Waals surface area (Å²) in [6.07, 6.45) is 0. The van der Waals surface area contributed by atoms with Crippen molar-refractivity contribution < 1.29 is 14.3 Å².